The highest BCUT2D eigenvalue weighted by molar-refractivity contribution is 6.00. The van der Waals surface area contributed by atoms with Crippen molar-refractivity contribution in [3.63, 3.8) is 0 Å². The van der Waals surface area contributed by atoms with Crippen LogP contribution in [-0.4, -0.2) is 25.7 Å². The molecule has 7 nitrogen and oxygen atoms in total. The van der Waals surface area contributed by atoms with Crippen molar-refractivity contribution in [2.45, 2.75) is 6.92 Å². The highest BCUT2D eigenvalue weighted by Gasteiger charge is 2.17. The monoisotopic (exact) mass is 328 g/mol. The first-order chi connectivity index (χ1) is 11.6. The average Bonchev–Trinajstić information content (AvgIpc) is 3.06. The van der Waals surface area contributed by atoms with Crippen molar-refractivity contribution in [2.24, 2.45) is 0 Å². The molecule has 1 aliphatic heterocycles. The number of hydrogen-bond donors (Lipinski definition) is 2. The highest BCUT2D eigenvalue weighted by atomic mass is 16.7. The largest absolute Gasteiger partial charge is 0.496 e. The minimum atomic E-state index is -0.468. The third kappa shape index (κ3) is 3.10. The molecule has 0 saturated carbocycles. The number of nitrogens with one attached hydrogen (secondary N) is 2. The average molecular weight is 328 g/mol. The molecule has 2 amide bonds. The number of amides is 2. The maximum absolute atomic E-state index is 12.2. The minimum absolute atomic E-state index is 0.129. The van der Waals surface area contributed by atoms with Gasteiger partial charge in [-0.25, -0.2) is 0 Å². The number of hydrazine groups is 1. The van der Waals surface area contributed by atoms with Gasteiger partial charge in [0.05, 0.1) is 12.7 Å². The Morgan fingerprint density at radius 2 is 1.75 bits per heavy atom. The normalized spacial score (nSPS) is 11.8. The Labute approximate surface area is 138 Å². The summed E-state index contributed by atoms with van der Waals surface area (Å²) in [6.07, 6.45) is 0. The molecule has 0 spiro atoms. The Morgan fingerprint density at radius 3 is 2.54 bits per heavy atom. The van der Waals surface area contributed by atoms with E-state index in [1.807, 2.05) is 13.0 Å². The van der Waals surface area contributed by atoms with Crippen LogP contribution in [0.4, 0.5) is 0 Å². The maximum atomic E-state index is 12.2. The molecule has 7 heteroatoms. The molecule has 2 aromatic rings. The second-order valence-corrected chi connectivity index (χ2v) is 5.18. The lowest BCUT2D eigenvalue weighted by Crippen LogP contribution is -2.41. The van der Waals surface area contributed by atoms with Gasteiger partial charge in [0.25, 0.3) is 11.8 Å². The zero-order valence-electron chi connectivity index (χ0n) is 13.2. The van der Waals surface area contributed by atoms with Gasteiger partial charge in [-0.3, -0.25) is 20.4 Å². The van der Waals surface area contributed by atoms with Crippen LogP contribution in [0.3, 0.4) is 0 Å². The second-order valence-electron chi connectivity index (χ2n) is 5.18. The second kappa shape index (κ2) is 6.49. The van der Waals surface area contributed by atoms with E-state index in [0.717, 1.165) is 5.56 Å². The van der Waals surface area contributed by atoms with Gasteiger partial charge in [-0.1, -0.05) is 11.6 Å². The summed E-state index contributed by atoms with van der Waals surface area (Å²) in [6.45, 7) is 1.99. The fraction of sp³-hybridized carbons (Fsp3) is 0.176. The van der Waals surface area contributed by atoms with E-state index in [1.165, 1.54) is 7.11 Å². The van der Waals surface area contributed by atoms with Crippen molar-refractivity contribution in [1.82, 2.24) is 10.9 Å². The number of benzene rings is 2. The van der Waals surface area contributed by atoms with Crippen LogP contribution in [-0.2, 0) is 0 Å². The highest BCUT2D eigenvalue weighted by Crippen LogP contribution is 2.32. The molecule has 0 fully saturated rings. The van der Waals surface area contributed by atoms with Crippen molar-refractivity contribution in [2.75, 3.05) is 13.9 Å². The lowest BCUT2D eigenvalue weighted by molar-refractivity contribution is 0.0844. The Balaban J connectivity index is 1.68. The molecule has 1 aliphatic rings. The summed E-state index contributed by atoms with van der Waals surface area (Å²) in [6, 6.07) is 9.99. The van der Waals surface area contributed by atoms with Crippen LogP contribution in [0.1, 0.15) is 26.3 Å². The third-order valence-corrected chi connectivity index (χ3v) is 3.52. The summed E-state index contributed by atoms with van der Waals surface area (Å²) in [5.74, 6) is 0.572. The summed E-state index contributed by atoms with van der Waals surface area (Å²) in [7, 11) is 1.48. The lowest BCUT2D eigenvalue weighted by atomic mass is 10.1. The molecule has 0 aromatic heterocycles. The Bertz CT molecular complexity index is 804. The van der Waals surface area contributed by atoms with E-state index in [0.29, 0.717) is 28.4 Å². The molecule has 0 bridgehead atoms. The van der Waals surface area contributed by atoms with Crippen molar-refractivity contribution in [3.8, 4) is 17.2 Å². The van der Waals surface area contributed by atoms with E-state index < -0.39 is 11.8 Å². The molecule has 1 heterocycles. The molecule has 0 aliphatic carbocycles. The van der Waals surface area contributed by atoms with Crippen molar-refractivity contribution in [3.05, 3.63) is 53.1 Å². The van der Waals surface area contributed by atoms with Gasteiger partial charge in [0, 0.05) is 5.56 Å². The van der Waals surface area contributed by atoms with E-state index in [1.54, 1.807) is 30.3 Å². The fourth-order valence-electron chi connectivity index (χ4n) is 2.29. The quantitative estimate of drug-likeness (QED) is 0.839. The van der Waals surface area contributed by atoms with E-state index >= 15 is 0 Å². The van der Waals surface area contributed by atoms with Gasteiger partial charge < -0.3 is 14.2 Å². The molecule has 0 unspecified atom stereocenters. The Kier molecular flexibility index (Phi) is 4.24. The predicted octanol–water partition coefficient (Wildman–Crippen LogP) is 1.81. The lowest BCUT2D eigenvalue weighted by Gasteiger charge is -2.11. The summed E-state index contributed by atoms with van der Waals surface area (Å²) in [5, 5.41) is 0. The topological polar surface area (TPSA) is 85.9 Å². The molecule has 124 valence electrons. The number of fused-ring (bicyclic) bond motifs is 1. The van der Waals surface area contributed by atoms with Gasteiger partial charge in [-0.2, -0.15) is 0 Å². The number of aryl methyl sites for hydroxylation is 1. The molecule has 0 radical (unpaired) electrons. The Morgan fingerprint density at radius 1 is 1.00 bits per heavy atom. The first-order valence-corrected chi connectivity index (χ1v) is 7.23. The molecule has 2 aromatic carbocycles. The summed E-state index contributed by atoms with van der Waals surface area (Å²) < 4.78 is 15.6. The van der Waals surface area contributed by atoms with E-state index in [9.17, 15) is 9.59 Å². The molecule has 3 rings (SSSR count). The standard InChI is InChI=1S/C17H16N2O5/c1-10-3-5-13(22-2)12(7-10)17(21)19-18-16(20)11-4-6-14-15(8-11)24-9-23-14/h3-8H,9H2,1-2H3,(H,18,20)(H,19,21). The van der Waals surface area contributed by atoms with E-state index in [2.05, 4.69) is 10.9 Å². The van der Waals surface area contributed by atoms with Crippen LogP contribution < -0.4 is 25.1 Å². The maximum Gasteiger partial charge on any atom is 0.273 e. The van der Waals surface area contributed by atoms with E-state index in [-0.39, 0.29) is 6.79 Å². The van der Waals surface area contributed by atoms with Crippen LogP contribution in [0.15, 0.2) is 36.4 Å². The smallest absolute Gasteiger partial charge is 0.273 e. The number of carbonyl (C=O) groups excluding carboxylic acids is 2. The van der Waals surface area contributed by atoms with Gasteiger partial charge in [0.2, 0.25) is 6.79 Å². The molecular formula is C17H16N2O5. The molecule has 2 N–H and O–H groups in total. The van der Waals surface area contributed by atoms with Crippen LogP contribution >= 0.6 is 0 Å². The number of hydrogen-bond acceptors (Lipinski definition) is 5. The van der Waals surface area contributed by atoms with Crippen LogP contribution in [0.2, 0.25) is 0 Å². The first kappa shape index (κ1) is 15.7. The Hall–Kier alpha value is -3.22. The molecule has 0 atom stereocenters. The van der Waals surface area contributed by atoms with Crippen molar-refractivity contribution in [1.29, 1.82) is 0 Å². The predicted molar refractivity (Wildman–Crippen MR) is 85.2 cm³/mol. The zero-order chi connectivity index (χ0) is 17.1. The van der Waals surface area contributed by atoms with E-state index in [4.69, 9.17) is 14.2 Å². The van der Waals surface area contributed by atoms with Crippen LogP contribution in [0.5, 0.6) is 17.2 Å². The summed E-state index contributed by atoms with van der Waals surface area (Å²) in [5.41, 5.74) is 6.33. The third-order valence-electron chi connectivity index (χ3n) is 3.52. The summed E-state index contributed by atoms with van der Waals surface area (Å²) >= 11 is 0. The van der Waals surface area contributed by atoms with Crippen molar-refractivity contribution >= 4 is 11.8 Å². The SMILES string of the molecule is COc1ccc(C)cc1C(=O)NNC(=O)c1ccc2c(c1)OCO2. The van der Waals surface area contributed by atoms with Gasteiger partial charge in [0.1, 0.15) is 5.75 Å². The number of methoxy groups -OCH3 is 1. The molecule has 24 heavy (non-hydrogen) atoms. The fourth-order valence-corrected chi connectivity index (χ4v) is 2.29. The van der Waals surface area contributed by atoms with Crippen LogP contribution in [0, 0.1) is 6.92 Å². The van der Waals surface area contributed by atoms with Gasteiger partial charge in [-0.15, -0.1) is 0 Å². The summed E-state index contributed by atoms with van der Waals surface area (Å²) in [4.78, 5) is 24.4. The molecule has 0 saturated heterocycles. The van der Waals surface area contributed by atoms with Crippen LogP contribution in [0.25, 0.3) is 0 Å². The minimum Gasteiger partial charge on any atom is -0.496 e. The van der Waals surface area contributed by atoms with Gasteiger partial charge in [-0.05, 0) is 37.3 Å². The first-order valence-electron chi connectivity index (χ1n) is 7.23. The molecular weight excluding hydrogens is 312 g/mol. The zero-order valence-corrected chi connectivity index (χ0v) is 13.2. The van der Waals surface area contributed by atoms with Crippen molar-refractivity contribution < 1.29 is 23.8 Å². The number of ether oxygens (including phenoxy) is 3. The van der Waals surface area contributed by atoms with Gasteiger partial charge in [0.15, 0.2) is 11.5 Å². The number of carbonyl (C=O) groups is 2. The number of rotatable bonds is 3. The van der Waals surface area contributed by atoms with Gasteiger partial charge >= 0.3 is 0 Å².